The van der Waals surface area contributed by atoms with E-state index in [1.807, 2.05) is 50.2 Å². The first-order valence-corrected chi connectivity index (χ1v) is 12.6. The number of carbonyl (C=O) groups excluding carboxylic acids is 1. The highest BCUT2D eigenvalue weighted by atomic mass is 32.2. The molecule has 8 nitrogen and oxygen atoms in total. The van der Waals surface area contributed by atoms with Crippen molar-refractivity contribution in [3.8, 4) is 11.3 Å². The van der Waals surface area contributed by atoms with Crippen LogP contribution in [0.2, 0.25) is 0 Å². The number of nitrogens with two attached hydrogens (primary N) is 1. The van der Waals surface area contributed by atoms with Gasteiger partial charge in [-0.15, -0.1) is 0 Å². The minimum Gasteiger partial charge on any atom is -0.325 e. The van der Waals surface area contributed by atoms with Crippen molar-refractivity contribution in [1.82, 2.24) is 14.6 Å². The molecule has 2 heterocycles. The van der Waals surface area contributed by atoms with E-state index in [1.54, 1.807) is 17.5 Å². The molecule has 0 aliphatic carbocycles. The van der Waals surface area contributed by atoms with E-state index in [-0.39, 0.29) is 10.8 Å². The Balaban J connectivity index is 1.64. The lowest BCUT2D eigenvalue weighted by molar-refractivity contribution is -0.115. The van der Waals surface area contributed by atoms with E-state index in [0.717, 1.165) is 28.0 Å². The number of aromatic nitrogens is 3. The number of carbonyl (C=O) groups is 1. The van der Waals surface area contributed by atoms with Crippen LogP contribution in [0.5, 0.6) is 0 Å². The van der Waals surface area contributed by atoms with E-state index >= 15 is 0 Å². The largest absolute Gasteiger partial charge is 0.325 e. The van der Waals surface area contributed by atoms with Crippen molar-refractivity contribution >= 4 is 38.9 Å². The Hall–Kier alpha value is -3.21. The molecule has 2 aromatic heterocycles. The van der Waals surface area contributed by atoms with Crippen molar-refractivity contribution < 1.29 is 13.2 Å². The number of hydrogen-bond donors (Lipinski definition) is 2. The molecule has 0 saturated heterocycles. The van der Waals surface area contributed by atoms with Gasteiger partial charge in [-0.1, -0.05) is 48.2 Å². The van der Waals surface area contributed by atoms with Gasteiger partial charge < -0.3 is 5.32 Å². The van der Waals surface area contributed by atoms with E-state index in [4.69, 9.17) is 10.1 Å². The summed E-state index contributed by atoms with van der Waals surface area (Å²) in [5, 5.41) is 12.6. The zero-order valence-electron chi connectivity index (χ0n) is 18.3. The molecule has 33 heavy (non-hydrogen) atoms. The normalized spacial score (nSPS) is 12.6. The molecule has 4 rings (SSSR count). The molecule has 1 amide bonds. The number of anilines is 1. The average molecular weight is 482 g/mol. The first-order chi connectivity index (χ1) is 15.6. The second-order valence-corrected chi connectivity index (χ2v) is 10.5. The quantitative estimate of drug-likeness (QED) is 0.405. The number of fused-ring (bicyclic) bond motifs is 1. The maximum absolute atomic E-state index is 12.9. The van der Waals surface area contributed by atoms with Crippen molar-refractivity contribution in [2.24, 2.45) is 5.14 Å². The van der Waals surface area contributed by atoms with Gasteiger partial charge in [-0.2, -0.15) is 5.10 Å². The first kappa shape index (κ1) is 23.0. The van der Waals surface area contributed by atoms with Crippen LogP contribution in [0.15, 0.2) is 70.7 Å². The number of imidazole rings is 1. The molecule has 0 fully saturated rings. The molecule has 170 valence electrons. The third kappa shape index (κ3) is 4.92. The summed E-state index contributed by atoms with van der Waals surface area (Å²) < 4.78 is 25.0. The van der Waals surface area contributed by atoms with E-state index < -0.39 is 15.3 Å². The Morgan fingerprint density at radius 1 is 1.09 bits per heavy atom. The third-order valence-electron chi connectivity index (χ3n) is 5.01. The summed E-state index contributed by atoms with van der Waals surface area (Å²) in [6, 6.07) is 17.7. The monoisotopic (exact) mass is 481 g/mol. The van der Waals surface area contributed by atoms with E-state index in [9.17, 15) is 13.2 Å². The maximum atomic E-state index is 12.9. The van der Waals surface area contributed by atoms with Crippen LogP contribution in [-0.4, -0.2) is 34.2 Å². The number of hydrogen-bond acceptors (Lipinski definition) is 6. The van der Waals surface area contributed by atoms with Gasteiger partial charge in [0.2, 0.25) is 15.9 Å². The smallest absolute Gasteiger partial charge is 0.238 e. The maximum Gasteiger partial charge on any atom is 0.238 e. The number of aryl methyl sites for hydroxylation is 2. The molecule has 0 bridgehead atoms. The molecule has 1 atom stereocenters. The Bertz CT molecular complexity index is 1450. The van der Waals surface area contributed by atoms with Crippen LogP contribution >= 0.6 is 11.8 Å². The number of sulfonamides is 1. The highest BCUT2D eigenvalue weighted by Gasteiger charge is 2.22. The molecule has 2 aromatic carbocycles. The van der Waals surface area contributed by atoms with Gasteiger partial charge in [-0.05, 0) is 50.6 Å². The Kier molecular flexibility index (Phi) is 6.24. The second kappa shape index (κ2) is 8.97. The molecule has 10 heteroatoms. The first-order valence-electron chi connectivity index (χ1n) is 10.2. The van der Waals surface area contributed by atoms with Gasteiger partial charge in [0.05, 0.1) is 27.0 Å². The lowest BCUT2D eigenvalue weighted by Crippen LogP contribution is -2.23. The number of rotatable bonds is 6. The third-order valence-corrected chi connectivity index (χ3v) is 6.96. The molecule has 0 aliphatic heterocycles. The van der Waals surface area contributed by atoms with Crippen molar-refractivity contribution in [3.05, 3.63) is 71.9 Å². The molecular weight excluding hydrogens is 458 g/mol. The van der Waals surface area contributed by atoms with E-state index in [2.05, 4.69) is 10.4 Å². The van der Waals surface area contributed by atoms with Gasteiger partial charge in [0.15, 0.2) is 5.16 Å². The van der Waals surface area contributed by atoms with Crippen molar-refractivity contribution in [1.29, 1.82) is 0 Å². The zero-order chi connectivity index (χ0) is 23.8. The molecule has 0 aliphatic rings. The van der Waals surface area contributed by atoms with Crippen LogP contribution in [0, 0.1) is 13.8 Å². The summed E-state index contributed by atoms with van der Waals surface area (Å²) in [6.07, 6.45) is 0. The van der Waals surface area contributed by atoms with Crippen LogP contribution < -0.4 is 10.5 Å². The highest BCUT2D eigenvalue weighted by molar-refractivity contribution is 8.00. The van der Waals surface area contributed by atoms with E-state index in [0.29, 0.717) is 10.8 Å². The van der Waals surface area contributed by atoms with Gasteiger partial charge >= 0.3 is 0 Å². The predicted octanol–water partition coefficient (Wildman–Crippen LogP) is 3.78. The summed E-state index contributed by atoms with van der Waals surface area (Å²) in [6.45, 7) is 5.69. The fraction of sp³-hybridized carbons (Fsp3) is 0.174. The topological polar surface area (TPSA) is 119 Å². The van der Waals surface area contributed by atoms with Crippen molar-refractivity contribution in [3.63, 3.8) is 0 Å². The number of thioether (sulfide) groups is 1. The summed E-state index contributed by atoms with van der Waals surface area (Å²) in [7, 11) is -3.86. The second-order valence-electron chi connectivity index (χ2n) is 7.66. The minimum absolute atomic E-state index is 0.0671. The highest BCUT2D eigenvalue weighted by Crippen LogP contribution is 2.32. The summed E-state index contributed by atoms with van der Waals surface area (Å²) in [5.41, 5.74) is 4.89. The Labute approximate surface area is 196 Å². The lowest BCUT2D eigenvalue weighted by Gasteiger charge is -2.12. The van der Waals surface area contributed by atoms with Crippen LogP contribution in [0.4, 0.5) is 5.69 Å². The van der Waals surface area contributed by atoms with Gasteiger partial charge in [-0.25, -0.2) is 23.1 Å². The van der Waals surface area contributed by atoms with Crippen LogP contribution in [-0.2, 0) is 14.8 Å². The zero-order valence-corrected chi connectivity index (χ0v) is 19.9. The number of benzene rings is 2. The standard InChI is InChI=1S/C23H23N5O3S2/c1-14-12-15(2)27-28-21(14)20(17-8-5-4-6-9-17)26-23(28)32-16(3)22(29)25-18-10-7-11-19(13-18)33(24,30)31/h4-13,16H,1-3H3,(H,25,29)(H2,24,30,31). The molecule has 3 N–H and O–H groups in total. The summed E-state index contributed by atoms with van der Waals surface area (Å²) in [4.78, 5) is 17.6. The molecular formula is C23H23N5O3S2. The lowest BCUT2D eigenvalue weighted by atomic mass is 10.1. The molecule has 0 spiro atoms. The average Bonchev–Trinajstić information content (AvgIpc) is 3.12. The number of primary sulfonamides is 1. The SMILES string of the molecule is Cc1cc(C)c2c(-c3ccccc3)nc(SC(C)C(=O)Nc3cccc(S(N)(=O)=O)c3)n2n1. The Morgan fingerprint density at radius 2 is 1.82 bits per heavy atom. The van der Waals surface area contributed by atoms with Gasteiger partial charge in [0, 0.05) is 11.3 Å². The number of nitrogens with one attached hydrogen (secondary N) is 1. The van der Waals surface area contributed by atoms with Crippen LogP contribution in [0.25, 0.3) is 16.8 Å². The number of amides is 1. The fourth-order valence-corrected chi connectivity index (χ4v) is 4.90. The molecule has 0 saturated carbocycles. The molecule has 1 unspecified atom stereocenters. The summed E-state index contributed by atoms with van der Waals surface area (Å²) in [5.74, 6) is -0.297. The number of nitrogens with zero attached hydrogens (tertiary/aromatic N) is 3. The van der Waals surface area contributed by atoms with Gasteiger partial charge in [0.25, 0.3) is 0 Å². The summed E-state index contributed by atoms with van der Waals surface area (Å²) >= 11 is 1.28. The van der Waals surface area contributed by atoms with Crippen LogP contribution in [0.1, 0.15) is 18.2 Å². The molecule has 4 aromatic rings. The molecule has 0 radical (unpaired) electrons. The minimum atomic E-state index is -3.86. The van der Waals surface area contributed by atoms with Crippen molar-refractivity contribution in [2.75, 3.05) is 5.32 Å². The van der Waals surface area contributed by atoms with Crippen LogP contribution in [0.3, 0.4) is 0 Å². The fourth-order valence-electron chi connectivity index (χ4n) is 3.49. The van der Waals surface area contributed by atoms with Gasteiger partial charge in [-0.3, -0.25) is 4.79 Å². The van der Waals surface area contributed by atoms with Crippen molar-refractivity contribution in [2.45, 2.75) is 36.1 Å². The van der Waals surface area contributed by atoms with E-state index in [1.165, 1.54) is 30.0 Å². The van der Waals surface area contributed by atoms with Gasteiger partial charge in [0.1, 0.15) is 0 Å². The predicted molar refractivity (Wildman–Crippen MR) is 130 cm³/mol. The Morgan fingerprint density at radius 3 is 2.52 bits per heavy atom.